The first kappa shape index (κ1) is 33.8. The number of nitrogens with one attached hydrogen (secondary N) is 1. The van der Waals surface area contributed by atoms with Crippen LogP contribution in [0.25, 0.3) is 0 Å². The summed E-state index contributed by atoms with van der Waals surface area (Å²) in [5.41, 5.74) is 3.34. The Morgan fingerprint density at radius 3 is 2.26 bits per heavy atom. The maximum Gasteiger partial charge on any atom is 0.411 e. The number of carbonyl (C=O) groups is 4. The number of carbonyl (C=O) groups excluding carboxylic acids is 4. The molecule has 0 unspecified atom stereocenters. The van der Waals surface area contributed by atoms with Gasteiger partial charge in [-0.2, -0.15) is 0 Å². The molecule has 3 aromatic carbocycles. The van der Waals surface area contributed by atoms with Gasteiger partial charge >= 0.3 is 12.1 Å². The maximum atomic E-state index is 14.1. The number of rotatable bonds is 7. The molecule has 0 saturated carbocycles. The lowest BCUT2D eigenvalue weighted by Crippen LogP contribution is -2.59. The smallest absolute Gasteiger partial charge is 0.411 e. The van der Waals surface area contributed by atoms with Crippen LogP contribution in [0.2, 0.25) is 5.02 Å². The summed E-state index contributed by atoms with van der Waals surface area (Å²) in [5, 5.41) is 3.59. The molecule has 1 fully saturated rings. The van der Waals surface area contributed by atoms with Crippen molar-refractivity contribution in [3.63, 3.8) is 0 Å². The minimum absolute atomic E-state index is 0.212. The number of hydrogen-bond donors (Lipinski definition) is 1. The molecule has 2 heterocycles. The average Bonchev–Trinajstić information content (AvgIpc) is 3.07. The van der Waals surface area contributed by atoms with Crippen molar-refractivity contribution in [2.45, 2.75) is 57.8 Å². The minimum Gasteiger partial charge on any atom is -0.465 e. The number of nitrogens with zero attached hydrogens (tertiary/aromatic N) is 3. The first-order valence-corrected chi connectivity index (χ1v) is 16.1. The third-order valence-electron chi connectivity index (χ3n) is 8.37. The van der Waals surface area contributed by atoms with E-state index in [1.165, 1.54) is 12.0 Å². The van der Waals surface area contributed by atoms with Crippen LogP contribution in [-0.2, 0) is 38.4 Å². The van der Waals surface area contributed by atoms with E-state index < -0.39 is 35.7 Å². The van der Waals surface area contributed by atoms with Crippen LogP contribution in [0.5, 0.6) is 0 Å². The van der Waals surface area contributed by atoms with E-state index in [2.05, 4.69) is 10.2 Å². The number of methoxy groups -OCH3 is 1. The summed E-state index contributed by atoms with van der Waals surface area (Å²) in [4.78, 5) is 58.9. The molecule has 248 valence electrons. The number of benzene rings is 3. The van der Waals surface area contributed by atoms with Gasteiger partial charge in [0.05, 0.1) is 19.2 Å². The molecule has 10 nitrogen and oxygen atoms in total. The minimum atomic E-state index is -0.879. The molecule has 2 aliphatic rings. The Morgan fingerprint density at radius 2 is 1.60 bits per heavy atom. The molecule has 2 aliphatic heterocycles. The Morgan fingerprint density at radius 1 is 0.915 bits per heavy atom. The zero-order valence-electron chi connectivity index (χ0n) is 27.2. The van der Waals surface area contributed by atoms with Crippen molar-refractivity contribution in [3.05, 3.63) is 100 Å². The van der Waals surface area contributed by atoms with Gasteiger partial charge in [0.25, 0.3) is 0 Å². The fraction of sp³-hybridized carbons (Fsp3) is 0.389. The summed E-state index contributed by atoms with van der Waals surface area (Å²) in [6.45, 7) is 7.52. The number of piperazine rings is 1. The van der Waals surface area contributed by atoms with Crippen LogP contribution in [0, 0.1) is 0 Å². The van der Waals surface area contributed by atoms with E-state index in [4.69, 9.17) is 21.1 Å². The van der Waals surface area contributed by atoms with Gasteiger partial charge in [0, 0.05) is 49.7 Å². The summed E-state index contributed by atoms with van der Waals surface area (Å²) in [6, 6.07) is 20.4. The van der Waals surface area contributed by atoms with Gasteiger partial charge in [-0.15, -0.1) is 0 Å². The Kier molecular flexibility index (Phi) is 10.4. The van der Waals surface area contributed by atoms with Gasteiger partial charge in [0.2, 0.25) is 11.8 Å². The predicted octanol–water partition coefficient (Wildman–Crippen LogP) is 4.86. The van der Waals surface area contributed by atoms with Gasteiger partial charge in [-0.25, -0.2) is 9.59 Å². The zero-order chi connectivity index (χ0) is 33.7. The number of halogens is 1. The Hall–Kier alpha value is -4.57. The molecule has 0 spiro atoms. The number of amides is 3. The average molecular weight is 661 g/mol. The fourth-order valence-electron chi connectivity index (χ4n) is 5.95. The van der Waals surface area contributed by atoms with E-state index >= 15 is 0 Å². The standard InChI is InChI=1S/C36H41ClN4O6/c1-36(2,3)47-35(45)41-23-27-9-6-5-8-25(27)22-31(41)32(42)38-30(20-24-12-14-28(37)15-13-24)33(43)40-18-16-39(17-19-40)29-11-7-10-26(21-29)34(44)46-4/h5-15,21,30-31H,16-20,22-23H2,1-4H3,(H,38,42)/t30-,31+/m1/s1. The molecule has 3 aromatic rings. The first-order valence-electron chi connectivity index (χ1n) is 15.7. The number of anilines is 1. The molecule has 11 heteroatoms. The molecular formula is C36H41ClN4O6. The highest BCUT2D eigenvalue weighted by molar-refractivity contribution is 6.30. The third-order valence-corrected chi connectivity index (χ3v) is 8.62. The lowest BCUT2D eigenvalue weighted by atomic mass is 9.93. The molecule has 1 N–H and O–H groups in total. The van der Waals surface area contributed by atoms with E-state index in [0.29, 0.717) is 43.2 Å². The van der Waals surface area contributed by atoms with E-state index in [-0.39, 0.29) is 18.9 Å². The molecular weight excluding hydrogens is 620 g/mol. The highest BCUT2D eigenvalue weighted by Gasteiger charge is 2.39. The van der Waals surface area contributed by atoms with Crippen molar-refractivity contribution < 1.29 is 28.7 Å². The highest BCUT2D eigenvalue weighted by Crippen LogP contribution is 2.26. The van der Waals surface area contributed by atoms with Crippen LogP contribution in [-0.4, -0.2) is 84.7 Å². The summed E-state index contributed by atoms with van der Waals surface area (Å²) in [6.07, 6.45) is -0.0363. The van der Waals surface area contributed by atoms with Gasteiger partial charge in [-0.1, -0.05) is 54.1 Å². The van der Waals surface area contributed by atoms with Crippen molar-refractivity contribution in [2.24, 2.45) is 0 Å². The predicted molar refractivity (Wildman–Crippen MR) is 179 cm³/mol. The molecule has 3 amide bonds. The second kappa shape index (κ2) is 14.5. The molecule has 1 saturated heterocycles. The van der Waals surface area contributed by atoms with Crippen LogP contribution in [0.1, 0.15) is 47.8 Å². The molecule has 2 atom stereocenters. The second-order valence-corrected chi connectivity index (χ2v) is 13.3. The fourth-order valence-corrected chi connectivity index (χ4v) is 6.07. The number of ether oxygens (including phenoxy) is 2. The largest absolute Gasteiger partial charge is 0.465 e. The molecule has 0 radical (unpaired) electrons. The van der Waals surface area contributed by atoms with Crippen molar-refractivity contribution in [2.75, 3.05) is 38.2 Å². The van der Waals surface area contributed by atoms with Crippen molar-refractivity contribution >= 4 is 41.2 Å². The molecule has 0 aliphatic carbocycles. The van der Waals surface area contributed by atoms with Crippen molar-refractivity contribution in [3.8, 4) is 0 Å². The number of hydrogen-bond acceptors (Lipinski definition) is 7. The Balaban J connectivity index is 1.34. The van der Waals surface area contributed by atoms with Crippen LogP contribution >= 0.6 is 11.6 Å². The van der Waals surface area contributed by atoms with Gasteiger partial charge in [-0.3, -0.25) is 14.5 Å². The number of esters is 1. The van der Waals surface area contributed by atoms with E-state index in [9.17, 15) is 19.2 Å². The summed E-state index contributed by atoms with van der Waals surface area (Å²) in [7, 11) is 1.35. The van der Waals surface area contributed by atoms with Gasteiger partial charge in [0.1, 0.15) is 17.7 Å². The second-order valence-electron chi connectivity index (χ2n) is 12.8. The van der Waals surface area contributed by atoms with Crippen LogP contribution in [0.15, 0.2) is 72.8 Å². The maximum absolute atomic E-state index is 14.1. The quantitative estimate of drug-likeness (QED) is 0.361. The van der Waals surface area contributed by atoms with Gasteiger partial charge in [-0.05, 0) is 67.8 Å². The van der Waals surface area contributed by atoms with Crippen molar-refractivity contribution in [1.82, 2.24) is 15.1 Å². The molecule has 0 aromatic heterocycles. The van der Waals surface area contributed by atoms with E-state index in [1.54, 1.807) is 56.0 Å². The SMILES string of the molecule is COC(=O)c1cccc(N2CCN(C(=O)[C@@H](Cc3ccc(Cl)cc3)NC(=O)[C@@H]3Cc4ccccc4CN3C(=O)OC(C)(C)C)CC2)c1. The van der Waals surface area contributed by atoms with Crippen LogP contribution in [0.4, 0.5) is 10.5 Å². The normalized spacial score (nSPS) is 17.0. The highest BCUT2D eigenvalue weighted by atomic mass is 35.5. The summed E-state index contributed by atoms with van der Waals surface area (Å²) in [5.74, 6) is -1.04. The van der Waals surface area contributed by atoms with E-state index in [0.717, 1.165) is 22.4 Å². The summed E-state index contributed by atoms with van der Waals surface area (Å²) < 4.78 is 10.6. The lowest BCUT2D eigenvalue weighted by Gasteiger charge is -2.39. The van der Waals surface area contributed by atoms with Crippen LogP contribution in [0.3, 0.4) is 0 Å². The Labute approximate surface area is 280 Å². The monoisotopic (exact) mass is 660 g/mol. The topological polar surface area (TPSA) is 108 Å². The lowest BCUT2D eigenvalue weighted by molar-refractivity contribution is -0.138. The van der Waals surface area contributed by atoms with Crippen LogP contribution < -0.4 is 10.2 Å². The molecule has 47 heavy (non-hydrogen) atoms. The summed E-state index contributed by atoms with van der Waals surface area (Å²) >= 11 is 6.13. The Bertz CT molecular complexity index is 1610. The van der Waals surface area contributed by atoms with Gasteiger partial charge < -0.3 is 24.6 Å². The number of fused-ring (bicyclic) bond motifs is 1. The van der Waals surface area contributed by atoms with Crippen molar-refractivity contribution in [1.29, 1.82) is 0 Å². The van der Waals surface area contributed by atoms with E-state index in [1.807, 2.05) is 42.5 Å². The third kappa shape index (κ3) is 8.43. The zero-order valence-corrected chi connectivity index (χ0v) is 28.0. The molecule has 5 rings (SSSR count). The molecule has 0 bridgehead atoms. The first-order chi connectivity index (χ1) is 22.4. The van der Waals surface area contributed by atoms with Gasteiger partial charge in [0.15, 0.2) is 0 Å².